The molecule has 2 rings (SSSR count). The van der Waals surface area contributed by atoms with Crippen molar-refractivity contribution in [2.75, 3.05) is 20.7 Å². The number of aryl methyl sites for hydroxylation is 1. The van der Waals surface area contributed by atoms with Crippen LogP contribution in [0.1, 0.15) is 15.4 Å². The van der Waals surface area contributed by atoms with Crippen LogP contribution in [-0.2, 0) is 9.53 Å². The first kappa shape index (κ1) is 14.7. The summed E-state index contributed by atoms with van der Waals surface area (Å²) in [7, 11) is 2.87. The molecule has 0 N–H and O–H groups in total. The molecule has 106 valence electrons. The van der Waals surface area contributed by atoms with Crippen molar-refractivity contribution in [2.45, 2.75) is 6.92 Å². The van der Waals surface area contributed by atoms with E-state index in [2.05, 4.69) is 9.72 Å². The molecule has 0 aliphatic carbocycles. The summed E-state index contributed by atoms with van der Waals surface area (Å²) in [6.07, 6.45) is 0. The summed E-state index contributed by atoms with van der Waals surface area (Å²) < 4.78 is 4.56. The molecule has 0 atom stereocenters. The smallest absolute Gasteiger partial charge is 0.325 e. The summed E-state index contributed by atoms with van der Waals surface area (Å²) in [6.45, 7) is 1.73. The highest BCUT2D eigenvalue weighted by Crippen LogP contribution is 2.29. The fourth-order valence-corrected chi connectivity index (χ4v) is 3.38. The minimum Gasteiger partial charge on any atom is -0.468 e. The van der Waals surface area contributed by atoms with Crippen molar-refractivity contribution in [3.63, 3.8) is 0 Å². The standard InChI is InChI=1S/C13H14N2O3S2/c1-8-11(13(17)15(2)6-10(16)18-3)20-12(14-8)9-4-5-19-7-9/h4-5,7H,6H2,1-3H3. The lowest BCUT2D eigenvalue weighted by molar-refractivity contribution is -0.141. The second-order valence-electron chi connectivity index (χ2n) is 4.18. The first-order chi connectivity index (χ1) is 9.52. The van der Waals surface area contributed by atoms with Gasteiger partial charge >= 0.3 is 5.97 Å². The van der Waals surface area contributed by atoms with Crippen molar-refractivity contribution in [3.8, 4) is 10.6 Å². The second-order valence-corrected chi connectivity index (χ2v) is 5.96. The van der Waals surface area contributed by atoms with Gasteiger partial charge in [-0.1, -0.05) is 0 Å². The van der Waals surface area contributed by atoms with Crippen molar-refractivity contribution < 1.29 is 14.3 Å². The van der Waals surface area contributed by atoms with Crippen molar-refractivity contribution in [2.24, 2.45) is 0 Å². The summed E-state index contributed by atoms with van der Waals surface area (Å²) in [6, 6.07) is 1.97. The highest BCUT2D eigenvalue weighted by molar-refractivity contribution is 7.17. The predicted molar refractivity (Wildman–Crippen MR) is 79.1 cm³/mol. The third-order valence-electron chi connectivity index (χ3n) is 2.70. The van der Waals surface area contributed by atoms with E-state index in [1.165, 1.54) is 23.3 Å². The number of nitrogens with zero attached hydrogens (tertiary/aromatic N) is 2. The van der Waals surface area contributed by atoms with Crippen LogP contribution in [0.25, 0.3) is 10.6 Å². The summed E-state index contributed by atoms with van der Waals surface area (Å²) in [5.74, 6) is -0.659. The number of ether oxygens (including phenoxy) is 1. The van der Waals surface area contributed by atoms with Gasteiger partial charge in [-0.2, -0.15) is 11.3 Å². The first-order valence-electron chi connectivity index (χ1n) is 5.85. The zero-order valence-electron chi connectivity index (χ0n) is 11.4. The molecule has 0 aromatic carbocycles. The number of likely N-dealkylation sites (N-methyl/N-ethyl adjacent to an activating group) is 1. The Kier molecular flexibility index (Phi) is 4.51. The molecule has 2 aromatic rings. The number of methoxy groups -OCH3 is 1. The summed E-state index contributed by atoms with van der Waals surface area (Å²) in [4.78, 5) is 29.8. The number of hydrogen-bond donors (Lipinski definition) is 0. The number of carbonyl (C=O) groups excluding carboxylic acids is 2. The molecule has 7 heteroatoms. The molecular weight excluding hydrogens is 296 g/mol. The average Bonchev–Trinajstić information content (AvgIpc) is 3.06. The van der Waals surface area contributed by atoms with E-state index >= 15 is 0 Å². The highest BCUT2D eigenvalue weighted by Gasteiger charge is 2.21. The predicted octanol–water partition coefficient (Wildman–Crippen LogP) is 2.43. The maximum Gasteiger partial charge on any atom is 0.325 e. The molecule has 0 saturated heterocycles. The van der Waals surface area contributed by atoms with Gasteiger partial charge in [-0.15, -0.1) is 11.3 Å². The third-order valence-corrected chi connectivity index (χ3v) is 4.58. The number of thiophene rings is 1. The van der Waals surface area contributed by atoms with Gasteiger partial charge in [0.2, 0.25) is 0 Å². The molecule has 1 amide bonds. The van der Waals surface area contributed by atoms with E-state index in [0.29, 0.717) is 10.6 Å². The van der Waals surface area contributed by atoms with Crippen LogP contribution in [0.3, 0.4) is 0 Å². The minimum absolute atomic E-state index is 0.0690. The van der Waals surface area contributed by atoms with Crippen LogP contribution in [0, 0.1) is 6.92 Å². The lowest BCUT2D eigenvalue weighted by atomic mass is 10.3. The van der Waals surface area contributed by atoms with E-state index in [-0.39, 0.29) is 12.5 Å². The minimum atomic E-state index is -0.443. The molecule has 0 fully saturated rings. The number of aromatic nitrogens is 1. The second kappa shape index (κ2) is 6.15. The number of thiazole rings is 1. The molecule has 0 radical (unpaired) electrons. The number of carbonyl (C=O) groups is 2. The molecule has 5 nitrogen and oxygen atoms in total. The molecule has 0 saturated carbocycles. The number of esters is 1. The zero-order valence-corrected chi connectivity index (χ0v) is 13.0. The van der Waals surface area contributed by atoms with Crippen LogP contribution >= 0.6 is 22.7 Å². The van der Waals surface area contributed by atoms with Gasteiger partial charge in [0.1, 0.15) is 16.4 Å². The molecule has 0 spiro atoms. The Balaban J connectivity index is 2.20. The fraction of sp³-hybridized carbons (Fsp3) is 0.308. The number of amides is 1. The van der Waals surface area contributed by atoms with Gasteiger partial charge < -0.3 is 9.64 Å². The van der Waals surface area contributed by atoms with Crippen molar-refractivity contribution in [1.29, 1.82) is 0 Å². The van der Waals surface area contributed by atoms with Crippen LogP contribution in [0.5, 0.6) is 0 Å². The largest absolute Gasteiger partial charge is 0.468 e. The van der Waals surface area contributed by atoms with E-state index in [1.54, 1.807) is 25.3 Å². The Morgan fingerprint density at radius 3 is 2.80 bits per heavy atom. The molecule has 2 heterocycles. The topological polar surface area (TPSA) is 59.5 Å². The Bertz CT molecular complexity index is 620. The highest BCUT2D eigenvalue weighted by atomic mass is 32.1. The zero-order chi connectivity index (χ0) is 14.7. The van der Waals surface area contributed by atoms with Crippen LogP contribution in [0.2, 0.25) is 0 Å². The molecule has 0 aliphatic rings. The van der Waals surface area contributed by atoms with Crippen LogP contribution in [-0.4, -0.2) is 42.5 Å². The maximum absolute atomic E-state index is 12.3. The Morgan fingerprint density at radius 2 is 2.20 bits per heavy atom. The number of hydrogen-bond acceptors (Lipinski definition) is 6. The monoisotopic (exact) mass is 310 g/mol. The first-order valence-corrected chi connectivity index (χ1v) is 7.61. The average molecular weight is 310 g/mol. The summed E-state index contributed by atoms with van der Waals surface area (Å²) >= 11 is 2.93. The summed E-state index contributed by atoms with van der Waals surface area (Å²) in [5, 5.41) is 4.78. The summed E-state index contributed by atoms with van der Waals surface area (Å²) in [5.41, 5.74) is 1.69. The van der Waals surface area contributed by atoms with Gasteiger partial charge in [-0.05, 0) is 18.4 Å². The lowest BCUT2D eigenvalue weighted by Gasteiger charge is -2.14. The fourth-order valence-electron chi connectivity index (χ4n) is 1.61. The molecule has 2 aromatic heterocycles. The Hall–Kier alpha value is -1.73. The quantitative estimate of drug-likeness (QED) is 0.814. The third kappa shape index (κ3) is 3.05. The van der Waals surface area contributed by atoms with Crippen molar-refractivity contribution >= 4 is 34.6 Å². The maximum atomic E-state index is 12.3. The van der Waals surface area contributed by atoms with E-state index in [0.717, 1.165) is 10.6 Å². The van der Waals surface area contributed by atoms with E-state index in [1.807, 2.05) is 16.8 Å². The molecule has 20 heavy (non-hydrogen) atoms. The van der Waals surface area contributed by atoms with Crippen LogP contribution in [0.15, 0.2) is 16.8 Å². The van der Waals surface area contributed by atoms with Gasteiger partial charge in [0.15, 0.2) is 0 Å². The van der Waals surface area contributed by atoms with E-state index in [9.17, 15) is 9.59 Å². The van der Waals surface area contributed by atoms with Crippen LogP contribution in [0.4, 0.5) is 0 Å². The normalized spacial score (nSPS) is 10.3. The van der Waals surface area contributed by atoms with Gasteiger partial charge in [0.25, 0.3) is 5.91 Å². The van der Waals surface area contributed by atoms with Crippen molar-refractivity contribution in [3.05, 3.63) is 27.4 Å². The molecule has 0 aliphatic heterocycles. The Morgan fingerprint density at radius 1 is 1.45 bits per heavy atom. The van der Waals surface area contributed by atoms with Gasteiger partial charge in [-0.3, -0.25) is 9.59 Å². The lowest BCUT2D eigenvalue weighted by Crippen LogP contribution is -2.32. The molecular formula is C13H14N2O3S2. The van der Waals surface area contributed by atoms with Gasteiger partial charge in [-0.25, -0.2) is 4.98 Å². The van der Waals surface area contributed by atoms with E-state index in [4.69, 9.17) is 0 Å². The van der Waals surface area contributed by atoms with Crippen molar-refractivity contribution in [1.82, 2.24) is 9.88 Å². The Labute approximate surface area is 124 Å². The van der Waals surface area contributed by atoms with E-state index < -0.39 is 5.97 Å². The van der Waals surface area contributed by atoms with Gasteiger partial charge in [0.05, 0.1) is 12.8 Å². The SMILES string of the molecule is COC(=O)CN(C)C(=O)c1sc(-c2ccsc2)nc1C. The molecule has 0 unspecified atom stereocenters. The van der Waals surface area contributed by atoms with Crippen LogP contribution < -0.4 is 0 Å². The number of rotatable bonds is 4. The molecule has 0 bridgehead atoms. The van der Waals surface area contributed by atoms with Gasteiger partial charge in [0, 0.05) is 18.0 Å².